The van der Waals surface area contributed by atoms with E-state index in [9.17, 15) is 4.79 Å². The molecular formula is C13H12BrN3O2. The molecule has 1 N–H and O–H groups in total. The molecule has 19 heavy (non-hydrogen) atoms. The Labute approximate surface area is 118 Å². The van der Waals surface area contributed by atoms with E-state index < -0.39 is 0 Å². The number of benzene rings is 1. The first-order valence-electron chi connectivity index (χ1n) is 6.00. The lowest BCUT2D eigenvalue weighted by molar-refractivity contribution is -0.117. The number of carbonyl (C=O) groups excluding carboxylic acids is 1. The number of halogens is 1. The monoisotopic (exact) mass is 321 g/mol. The second-order valence-corrected chi connectivity index (χ2v) is 5.55. The summed E-state index contributed by atoms with van der Waals surface area (Å²) in [6, 6.07) is 8.23. The number of aryl methyl sites for hydroxylation is 1. The second kappa shape index (κ2) is 4.77. The van der Waals surface area contributed by atoms with Crippen LogP contribution in [0.4, 0.5) is 6.01 Å². The molecule has 0 unspecified atom stereocenters. The molecule has 0 radical (unpaired) electrons. The summed E-state index contributed by atoms with van der Waals surface area (Å²) >= 11 is 3.40. The molecule has 1 saturated carbocycles. The third-order valence-corrected chi connectivity index (χ3v) is 3.71. The van der Waals surface area contributed by atoms with Gasteiger partial charge in [0.25, 0.3) is 0 Å². The second-order valence-electron chi connectivity index (χ2n) is 4.64. The summed E-state index contributed by atoms with van der Waals surface area (Å²) in [6.45, 7) is 1.71. The van der Waals surface area contributed by atoms with Crippen LogP contribution < -0.4 is 5.32 Å². The van der Waals surface area contributed by atoms with Gasteiger partial charge in [0.1, 0.15) is 0 Å². The van der Waals surface area contributed by atoms with Crippen molar-refractivity contribution in [3.05, 3.63) is 40.1 Å². The van der Waals surface area contributed by atoms with E-state index in [4.69, 9.17) is 4.52 Å². The van der Waals surface area contributed by atoms with Gasteiger partial charge in [0.2, 0.25) is 5.91 Å². The predicted octanol–water partition coefficient (Wildman–Crippen LogP) is 2.88. The smallest absolute Gasteiger partial charge is 0.315 e. The Bertz CT molecular complexity index is 609. The summed E-state index contributed by atoms with van der Waals surface area (Å²) in [7, 11) is 0. The molecule has 5 nitrogen and oxygen atoms in total. The number of amides is 1. The lowest BCUT2D eigenvalue weighted by Crippen LogP contribution is -2.14. The molecule has 1 aromatic heterocycles. The van der Waals surface area contributed by atoms with Gasteiger partial charge < -0.3 is 4.52 Å². The van der Waals surface area contributed by atoms with Gasteiger partial charge >= 0.3 is 6.01 Å². The Morgan fingerprint density at radius 2 is 2.16 bits per heavy atom. The fraction of sp³-hybridized carbons (Fsp3) is 0.308. The van der Waals surface area contributed by atoms with Crippen molar-refractivity contribution in [3.8, 4) is 0 Å². The van der Waals surface area contributed by atoms with Gasteiger partial charge in [-0.05, 0) is 37.0 Å². The maximum atomic E-state index is 12.0. The van der Waals surface area contributed by atoms with E-state index in [2.05, 4.69) is 31.4 Å². The number of carbonyl (C=O) groups is 1. The van der Waals surface area contributed by atoms with Gasteiger partial charge in [0, 0.05) is 10.4 Å². The minimum Gasteiger partial charge on any atom is -0.315 e. The number of nitrogens with one attached hydrogen (secondary N) is 1. The van der Waals surface area contributed by atoms with Gasteiger partial charge in [-0.15, -0.1) is 0 Å². The molecule has 98 valence electrons. The maximum Gasteiger partial charge on any atom is 0.328 e. The van der Waals surface area contributed by atoms with Crippen LogP contribution in [0, 0.1) is 12.8 Å². The number of hydrogen-bond donors (Lipinski definition) is 1. The van der Waals surface area contributed by atoms with Crippen molar-refractivity contribution in [2.75, 3.05) is 5.32 Å². The van der Waals surface area contributed by atoms with Crippen LogP contribution in [0.3, 0.4) is 0 Å². The summed E-state index contributed by atoms with van der Waals surface area (Å²) in [4.78, 5) is 15.9. The molecule has 1 aromatic carbocycles. The zero-order chi connectivity index (χ0) is 13.4. The number of aromatic nitrogens is 2. The van der Waals surface area contributed by atoms with Gasteiger partial charge in [-0.1, -0.05) is 33.2 Å². The molecule has 1 amide bonds. The Hall–Kier alpha value is -1.69. The van der Waals surface area contributed by atoms with Crippen molar-refractivity contribution in [3.63, 3.8) is 0 Å². The minimum absolute atomic E-state index is 0.00613. The van der Waals surface area contributed by atoms with Crippen LogP contribution in [-0.4, -0.2) is 16.0 Å². The fourth-order valence-corrected chi connectivity index (χ4v) is 2.37. The topological polar surface area (TPSA) is 68.0 Å². The van der Waals surface area contributed by atoms with Crippen molar-refractivity contribution in [1.29, 1.82) is 0 Å². The predicted molar refractivity (Wildman–Crippen MR) is 72.7 cm³/mol. The lowest BCUT2D eigenvalue weighted by atomic mass is 10.1. The van der Waals surface area contributed by atoms with Crippen molar-refractivity contribution in [2.24, 2.45) is 5.92 Å². The highest BCUT2D eigenvalue weighted by Gasteiger charge is 2.44. The summed E-state index contributed by atoms with van der Waals surface area (Å²) in [6.07, 6.45) is 0.862. The first-order chi connectivity index (χ1) is 9.13. The van der Waals surface area contributed by atoms with Crippen molar-refractivity contribution < 1.29 is 9.32 Å². The highest BCUT2D eigenvalue weighted by Crippen LogP contribution is 2.48. The van der Waals surface area contributed by atoms with E-state index in [1.165, 1.54) is 5.56 Å². The molecule has 6 heteroatoms. The minimum atomic E-state index is -0.0587. The molecule has 0 bridgehead atoms. The quantitative estimate of drug-likeness (QED) is 0.943. The average Bonchev–Trinajstić information content (AvgIpc) is 3.08. The molecule has 2 atom stereocenters. The van der Waals surface area contributed by atoms with Crippen LogP contribution in [0.25, 0.3) is 0 Å². The van der Waals surface area contributed by atoms with E-state index in [0.717, 1.165) is 10.9 Å². The molecule has 3 rings (SSSR count). The van der Waals surface area contributed by atoms with E-state index in [1.807, 2.05) is 24.3 Å². The SMILES string of the molecule is Cc1noc(NC(=O)[C@@H]2C[C@@H]2c2ccc(Br)cc2)n1. The molecule has 1 aliphatic carbocycles. The number of rotatable bonds is 3. The van der Waals surface area contributed by atoms with Crippen LogP contribution in [0.1, 0.15) is 23.7 Å². The normalized spacial score (nSPS) is 21.2. The summed E-state index contributed by atoms with van der Waals surface area (Å²) in [5.41, 5.74) is 1.19. The van der Waals surface area contributed by atoms with Crippen molar-refractivity contribution >= 4 is 27.9 Å². The van der Waals surface area contributed by atoms with Crippen LogP contribution in [0.5, 0.6) is 0 Å². The Kier molecular flexibility index (Phi) is 3.10. The molecule has 2 aromatic rings. The van der Waals surface area contributed by atoms with Crippen LogP contribution in [0.2, 0.25) is 0 Å². The van der Waals surface area contributed by atoms with Crippen LogP contribution in [0.15, 0.2) is 33.3 Å². The first kappa shape index (κ1) is 12.3. The number of hydrogen-bond acceptors (Lipinski definition) is 4. The molecule has 1 heterocycles. The molecule has 1 aliphatic rings. The third-order valence-electron chi connectivity index (χ3n) is 3.18. The van der Waals surface area contributed by atoms with E-state index >= 15 is 0 Å². The van der Waals surface area contributed by atoms with Crippen LogP contribution >= 0.6 is 15.9 Å². The fourth-order valence-electron chi connectivity index (χ4n) is 2.11. The largest absolute Gasteiger partial charge is 0.328 e. The summed E-state index contributed by atoms with van der Waals surface area (Å²) < 4.78 is 5.91. The Morgan fingerprint density at radius 1 is 1.42 bits per heavy atom. The molecule has 1 fully saturated rings. The number of nitrogens with zero attached hydrogens (tertiary/aromatic N) is 2. The number of anilines is 1. The molecule has 0 aliphatic heterocycles. The zero-order valence-corrected chi connectivity index (χ0v) is 11.8. The first-order valence-corrected chi connectivity index (χ1v) is 6.79. The van der Waals surface area contributed by atoms with E-state index in [0.29, 0.717) is 5.82 Å². The standard InChI is InChI=1S/C13H12BrN3O2/c1-7-15-13(19-17-7)16-12(18)11-6-10(11)8-2-4-9(14)5-3-8/h2-5,10-11H,6H2,1H3,(H,15,16,17,18)/t10-,11-/m1/s1. The lowest BCUT2D eigenvalue weighted by Gasteiger charge is -2.01. The molecule has 0 spiro atoms. The van der Waals surface area contributed by atoms with Gasteiger partial charge in [-0.25, -0.2) is 0 Å². The molecule has 0 saturated heterocycles. The van der Waals surface area contributed by atoms with Gasteiger partial charge in [0.15, 0.2) is 5.82 Å². The Morgan fingerprint density at radius 3 is 2.79 bits per heavy atom. The maximum absolute atomic E-state index is 12.0. The highest BCUT2D eigenvalue weighted by atomic mass is 79.9. The highest BCUT2D eigenvalue weighted by molar-refractivity contribution is 9.10. The van der Waals surface area contributed by atoms with Gasteiger partial charge in [-0.3, -0.25) is 10.1 Å². The van der Waals surface area contributed by atoms with E-state index in [1.54, 1.807) is 6.92 Å². The Balaban J connectivity index is 1.63. The van der Waals surface area contributed by atoms with Gasteiger partial charge in [0.05, 0.1) is 0 Å². The zero-order valence-electron chi connectivity index (χ0n) is 10.3. The summed E-state index contributed by atoms with van der Waals surface area (Å²) in [5.74, 6) is 0.734. The third kappa shape index (κ3) is 2.68. The average molecular weight is 322 g/mol. The summed E-state index contributed by atoms with van der Waals surface area (Å²) in [5, 5.41) is 6.28. The van der Waals surface area contributed by atoms with Crippen LogP contribution in [-0.2, 0) is 4.79 Å². The van der Waals surface area contributed by atoms with Crippen molar-refractivity contribution in [2.45, 2.75) is 19.3 Å². The molecular weight excluding hydrogens is 310 g/mol. The van der Waals surface area contributed by atoms with Gasteiger partial charge in [-0.2, -0.15) is 4.98 Å². The van der Waals surface area contributed by atoms with E-state index in [-0.39, 0.29) is 23.8 Å². The van der Waals surface area contributed by atoms with Crippen molar-refractivity contribution in [1.82, 2.24) is 10.1 Å².